The molecule has 3 rings (SSSR count). The van der Waals surface area contributed by atoms with Gasteiger partial charge in [-0.2, -0.15) is 4.98 Å². The van der Waals surface area contributed by atoms with Gasteiger partial charge in [0.1, 0.15) is 5.65 Å². The van der Waals surface area contributed by atoms with Crippen LogP contribution in [0.25, 0.3) is 5.65 Å². The van der Waals surface area contributed by atoms with E-state index in [-0.39, 0.29) is 17.3 Å². The normalized spacial score (nSPS) is 10.7. The molecule has 2 aromatic heterocycles. The van der Waals surface area contributed by atoms with Gasteiger partial charge in [-0.25, -0.2) is 4.39 Å². The van der Waals surface area contributed by atoms with Crippen molar-refractivity contribution in [2.24, 2.45) is 0 Å². The molecule has 2 heterocycles. The highest BCUT2D eigenvalue weighted by atomic mass is 79.9. The fraction of sp³-hybridized carbons (Fsp3) is 0. The summed E-state index contributed by atoms with van der Waals surface area (Å²) in [5, 5.41) is 0. The quantitative estimate of drug-likeness (QED) is 0.683. The van der Waals surface area contributed by atoms with Crippen molar-refractivity contribution < 1.29 is 13.9 Å². The van der Waals surface area contributed by atoms with Crippen LogP contribution in [0.3, 0.4) is 0 Å². The summed E-state index contributed by atoms with van der Waals surface area (Å²) in [4.78, 5) is 15.4. The Kier molecular flexibility index (Phi) is 3.23. The predicted octanol–water partition coefficient (Wildman–Crippen LogP) is 3.84. The fourth-order valence-electron chi connectivity index (χ4n) is 1.84. The van der Waals surface area contributed by atoms with Gasteiger partial charge in [0.25, 0.3) is 0 Å². The van der Waals surface area contributed by atoms with Crippen molar-refractivity contribution in [2.45, 2.75) is 0 Å². The maximum absolute atomic E-state index is 13.7. The lowest BCUT2D eigenvalue weighted by Gasteiger charge is -2.04. The summed E-state index contributed by atoms with van der Waals surface area (Å²) in [7, 11) is 0. The van der Waals surface area contributed by atoms with Crippen LogP contribution < -0.4 is 4.74 Å². The highest BCUT2D eigenvalue weighted by Gasteiger charge is 2.15. The van der Waals surface area contributed by atoms with Crippen molar-refractivity contribution in [3.8, 4) is 11.6 Å². The van der Waals surface area contributed by atoms with Crippen molar-refractivity contribution in [3.63, 3.8) is 0 Å². The Morgan fingerprint density at radius 2 is 2.15 bits per heavy atom. The van der Waals surface area contributed by atoms with Gasteiger partial charge < -0.3 is 4.74 Å². The minimum absolute atomic E-state index is 0.0136. The molecule has 0 aliphatic heterocycles. The number of imidazole rings is 1. The van der Waals surface area contributed by atoms with Gasteiger partial charge in [0.2, 0.25) is 5.88 Å². The van der Waals surface area contributed by atoms with Crippen LogP contribution in [-0.4, -0.2) is 15.7 Å². The number of hydrogen-bond acceptors (Lipinski definition) is 3. The molecule has 0 saturated carbocycles. The molecule has 3 aromatic rings. The van der Waals surface area contributed by atoms with E-state index in [0.717, 1.165) is 0 Å². The molecule has 0 atom stereocenters. The molecule has 0 radical (unpaired) electrons. The van der Waals surface area contributed by atoms with Gasteiger partial charge in [-0.15, -0.1) is 0 Å². The number of nitrogens with zero attached hydrogens (tertiary/aromatic N) is 2. The second kappa shape index (κ2) is 5.05. The molecule has 20 heavy (non-hydrogen) atoms. The van der Waals surface area contributed by atoms with E-state index in [0.29, 0.717) is 16.4 Å². The molecule has 0 aliphatic carbocycles. The average Bonchev–Trinajstić information content (AvgIpc) is 2.79. The standard InChI is InChI=1S/C14H8BrFN2O2/c15-9-4-5-12(10(16)7-9)20-14-11(8-19)18-6-2-1-3-13(18)17-14/h1-8H. The van der Waals surface area contributed by atoms with Crippen molar-refractivity contribution in [2.75, 3.05) is 0 Å². The third kappa shape index (κ3) is 2.18. The summed E-state index contributed by atoms with van der Waals surface area (Å²) in [6.07, 6.45) is 2.32. The largest absolute Gasteiger partial charge is 0.434 e. The molecule has 0 N–H and O–H groups in total. The third-order valence-electron chi connectivity index (χ3n) is 2.75. The highest BCUT2D eigenvalue weighted by Crippen LogP contribution is 2.28. The number of hydrogen-bond donors (Lipinski definition) is 0. The van der Waals surface area contributed by atoms with E-state index in [1.165, 1.54) is 12.1 Å². The van der Waals surface area contributed by atoms with Crippen molar-refractivity contribution in [1.82, 2.24) is 9.38 Å². The molecule has 100 valence electrons. The summed E-state index contributed by atoms with van der Waals surface area (Å²) in [6, 6.07) is 9.70. The van der Waals surface area contributed by atoms with Gasteiger partial charge in [0, 0.05) is 10.7 Å². The number of aromatic nitrogens is 2. The summed E-state index contributed by atoms with van der Waals surface area (Å²) < 4.78 is 21.3. The van der Waals surface area contributed by atoms with E-state index in [9.17, 15) is 9.18 Å². The Labute approximate surface area is 121 Å². The third-order valence-corrected chi connectivity index (χ3v) is 3.24. The van der Waals surface area contributed by atoms with E-state index >= 15 is 0 Å². The Morgan fingerprint density at radius 3 is 2.90 bits per heavy atom. The van der Waals surface area contributed by atoms with Gasteiger partial charge in [-0.3, -0.25) is 9.20 Å². The van der Waals surface area contributed by atoms with Crippen LogP contribution in [0.1, 0.15) is 10.5 Å². The van der Waals surface area contributed by atoms with Crippen LogP contribution in [0, 0.1) is 5.82 Å². The van der Waals surface area contributed by atoms with E-state index in [1.54, 1.807) is 34.9 Å². The average molecular weight is 335 g/mol. The first-order valence-electron chi connectivity index (χ1n) is 5.74. The second-order valence-corrected chi connectivity index (χ2v) is 4.94. The molecule has 4 nitrogen and oxygen atoms in total. The number of aldehydes is 1. The SMILES string of the molecule is O=Cc1c(Oc2ccc(Br)cc2F)nc2ccccn12. The number of carbonyl (C=O) groups excluding carboxylic acids is 1. The van der Waals surface area contributed by atoms with E-state index in [1.807, 2.05) is 0 Å². The van der Waals surface area contributed by atoms with Crippen molar-refractivity contribution in [3.05, 3.63) is 58.6 Å². The van der Waals surface area contributed by atoms with Crippen LogP contribution in [0.4, 0.5) is 4.39 Å². The lowest BCUT2D eigenvalue weighted by molar-refractivity contribution is 0.111. The molecule has 0 aliphatic rings. The predicted molar refractivity (Wildman–Crippen MR) is 74.8 cm³/mol. The molecule has 0 saturated heterocycles. The number of ether oxygens (including phenoxy) is 1. The first-order chi connectivity index (χ1) is 9.69. The highest BCUT2D eigenvalue weighted by molar-refractivity contribution is 9.10. The number of rotatable bonds is 3. The Morgan fingerprint density at radius 1 is 1.30 bits per heavy atom. The van der Waals surface area contributed by atoms with E-state index in [4.69, 9.17) is 4.74 Å². The van der Waals surface area contributed by atoms with Crippen LogP contribution in [-0.2, 0) is 0 Å². The van der Waals surface area contributed by atoms with E-state index in [2.05, 4.69) is 20.9 Å². The second-order valence-electron chi connectivity index (χ2n) is 4.03. The maximum atomic E-state index is 13.7. The van der Waals surface area contributed by atoms with Crippen molar-refractivity contribution in [1.29, 1.82) is 0 Å². The minimum Gasteiger partial charge on any atom is -0.434 e. The van der Waals surface area contributed by atoms with Gasteiger partial charge in [0.15, 0.2) is 23.5 Å². The molecule has 0 unspecified atom stereocenters. The van der Waals surface area contributed by atoms with Crippen LogP contribution in [0.5, 0.6) is 11.6 Å². The number of pyridine rings is 1. The minimum atomic E-state index is -0.534. The van der Waals surface area contributed by atoms with Gasteiger partial charge in [-0.05, 0) is 30.3 Å². The smallest absolute Gasteiger partial charge is 0.249 e. The Hall–Kier alpha value is -2.21. The summed E-state index contributed by atoms with van der Waals surface area (Å²) in [5.74, 6) is -0.444. The lowest BCUT2D eigenvalue weighted by atomic mass is 10.3. The first kappa shape index (κ1) is 12.8. The number of fused-ring (bicyclic) bond motifs is 1. The Bertz CT molecular complexity index is 801. The summed E-state index contributed by atoms with van der Waals surface area (Å²) in [6.45, 7) is 0. The zero-order valence-corrected chi connectivity index (χ0v) is 11.7. The maximum Gasteiger partial charge on any atom is 0.249 e. The number of benzene rings is 1. The van der Waals surface area contributed by atoms with Crippen molar-refractivity contribution >= 4 is 27.9 Å². The number of carbonyl (C=O) groups is 1. The monoisotopic (exact) mass is 334 g/mol. The zero-order valence-electron chi connectivity index (χ0n) is 10.1. The Balaban J connectivity index is 2.08. The molecular formula is C14H8BrFN2O2. The summed E-state index contributed by atoms with van der Waals surface area (Å²) in [5.41, 5.74) is 0.796. The molecule has 0 spiro atoms. The zero-order chi connectivity index (χ0) is 14.1. The number of halogens is 2. The van der Waals surface area contributed by atoms with Crippen LogP contribution in [0.15, 0.2) is 47.1 Å². The molecular weight excluding hydrogens is 327 g/mol. The fourth-order valence-corrected chi connectivity index (χ4v) is 2.17. The van der Waals surface area contributed by atoms with Gasteiger partial charge >= 0.3 is 0 Å². The molecule has 0 bridgehead atoms. The first-order valence-corrected chi connectivity index (χ1v) is 6.53. The molecule has 0 amide bonds. The van der Waals surface area contributed by atoms with Crippen LogP contribution >= 0.6 is 15.9 Å². The van der Waals surface area contributed by atoms with Gasteiger partial charge in [0.05, 0.1) is 0 Å². The molecule has 1 aromatic carbocycles. The molecule has 6 heteroatoms. The lowest BCUT2D eigenvalue weighted by Crippen LogP contribution is -1.94. The summed E-state index contributed by atoms with van der Waals surface area (Å²) >= 11 is 3.17. The van der Waals surface area contributed by atoms with E-state index < -0.39 is 5.82 Å². The van der Waals surface area contributed by atoms with Gasteiger partial charge in [-0.1, -0.05) is 22.0 Å². The van der Waals surface area contributed by atoms with Crippen LogP contribution in [0.2, 0.25) is 0 Å². The molecule has 0 fully saturated rings. The topological polar surface area (TPSA) is 43.6 Å².